The van der Waals surface area contributed by atoms with Gasteiger partial charge >= 0.3 is 0 Å². The Balaban J connectivity index is 0.893. The monoisotopic (exact) mass is 873 g/mol. The van der Waals surface area contributed by atoms with Gasteiger partial charge in [0.15, 0.2) is 0 Å². The molecular formula is C68H43N. The molecule has 1 atom stereocenters. The molecule has 0 radical (unpaired) electrons. The summed E-state index contributed by atoms with van der Waals surface area (Å²) in [6.45, 7) is 0. The average molecular weight is 874 g/mol. The van der Waals surface area contributed by atoms with Crippen molar-refractivity contribution in [1.82, 2.24) is 0 Å². The fourth-order valence-corrected chi connectivity index (χ4v) is 13.2. The quantitative estimate of drug-likeness (QED) is 0.154. The number of hydrogen-bond acceptors (Lipinski definition) is 1. The second kappa shape index (κ2) is 14.4. The molecule has 15 rings (SSSR count). The number of anilines is 3. The SMILES string of the molecule is c1ccc(-c2ccc(N(c3ccc(-c4ccc5c(c4)C46c7ccccc7-c7cccc(c74)-c4cccc-5c46)cc3)c3ccc4c(c3)C(c3ccccc3)(c3ccccc3)c3ccccc3-4)cc2)cc1. The van der Waals surface area contributed by atoms with Crippen LogP contribution in [0.1, 0.15) is 44.5 Å². The molecule has 0 aliphatic heterocycles. The maximum absolute atomic E-state index is 2.51. The largest absolute Gasteiger partial charge is 0.310 e. The molecule has 0 saturated heterocycles. The van der Waals surface area contributed by atoms with Crippen LogP contribution in [0.15, 0.2) is 261 Å². The first-order valence-electron chi connectivity index (χ1n) is 24.2. The third-order valence-corrected chi connectivity index (χ3v) is 15.9. The summed E-state index contributed by atoms with van der Waals surface area (Å²) in [5, 5.41) is 0. The van der Waals surface area contributed by atoms with Crippen molar-refractivity contribution in [2.24, 2.45) is 0 Å². The lowest BCUT2D eigenvalue weighted by atomic mass is 9.67. The van der Waals surface area contributed by atoms with E-state index in [2.05, 4.69) is 266 Å². The standard InChI is InChI=1S/C68H43N/c1-4-16-44(17-5-1)45-30-35-50(36-31-45)69(52-39-41-55-53-22-10-12-28-61(53)67(64(55)43-52,48-18-6-2-7-19-48)49-20-8-3-9-21-49)51-37-32-46(33-38-51)47-34-40-56-58-25-15-27-60-59-26-14-24-57-54-23-11-13-29-62(54)68(65(57)59,66(58)60)63(56)42-47/h1-43H. The Morgan fingerprint density at radius 3 is 1.16 bits per heavy atom. The van der Waals surface area contributed by atoms with Crippen LogP contribution in [0.5, 0.6) is 0 Å². The number of fused-ring (bicyclic) bond motifs is 8. The Morgan fingerprint density at radius 2 is 0.580 bits per heavy atom. The Labute approximate surface area is 402 Å². The van der Waals surface area contributed by atoms with Crippen molar-refractivity contribution in [2.75, 3.05) is 4.90 Å². The van der Waals surface area contributed by atoms with E-state index in [1.165, 1.54) is 111 Å². The lowest BCUT2D eigenvalue weighted by molar-refractivity contribution is 0.768. The predicted molar refractivity (Wildman–Crippen MR) is 285 cm³/mol. The van der Waals surface area contributed by atoms with Gasteiger partial charge in [-0.15, -0.1) is 0 Å². The van der Waals surface area contributed by atoms with Crippen LogP contribution in [0.2, 0.25) is 0 Å². The van der Waals surface area contributed by atoms with Gasteiger partial charge < -0.3 is 4.90 Å². The fraction of sp³-hybridized carbons (Fsp3) is 0.0294. The van der Waals surface area contributed by atoms with Crippen molar-refractivity contribution in [3.8, 4) is 66.8 Å². The Hall–Kier alpha value is -8.78. The minimum Gasteiger partial charge on any atom is -0.310 e. The highest BCUT2D eigenvalue weighted by Crippen LogP contribution is 2.70. The van der Waals surface area contributed by atoms with Crippen LogP contribution in [0, 0.1) is 0 Å². The van der Waals surface area contributed by atoms with E-state index in [0.29, 0.717) is 0 Å². The summed E-state index contributed by atoms with van der Waals surface area (Å²) < 4.78 is 0. The van der Waals surface area contributed by atoms with Crippen molar-refractivity contribution in [1.29, 1.82) is 0 Å². The van der Waals surface area contributed by atoms with Gasteiger partial charge in [-0.05, 0) is 154 Å². The van der Waals surface area contributed by atoms with E-state index in [1.807, 2.05) is 0 Å². The Kier molecular flexibility index (Phi) is 7.98. The van der Waals surface area contributed by atoms with E-state index in [-0.39, 0.29) is 5.41 Å². The normalized spacial score (nSPS) is 15.4. The summed E-state index contributed by atoms with van der Waals surface area (Å²) in [6, 6.07) is 97.6. The van der Waals surface area contributed by atoms with Gasteiger partial charge in [0.1, 0.15) is 0 Å². The van der Waals surface area contributed by atoms with Gasteiger partial charge in [0.2, 0.25) is 0 Å². The van der Waals surface area contributed by atoms with Crippen molar-refractivity contribution in [3.05, 3.63) is 305 Å². The number of benzene rings is 11. The average Bonchev–Trinajstić information content (AvgIpc) is 4.11. The molecule has 0 bridgehead atoms. The van der Waals surface area contributed by atoms with Gasteiger partial charge in [-0.1, -0.05) is 218 Å². The lowest BCUT2D eigenvalue weighted by Crippen LogP contribution is -2.28. The second-order valence-corrected chi connectivity index (χ2v) is 19.1. The Bertz CT molecular complexity index is 3790. The van der Waals surface area contributed by atoms with Gasteiger partial charge in [0.25, 0.3) is 0 Å². The first-order valence-corrected chi connectivity index (χ1v) is 24.2. The zero-order valence-corrected chi connectivity index (χ0v) is 37.8. The Morgan fingerprint density at radius 1 is 0.217 bits per heavy atom. The van der Waals surface area contributed by atoms with E-state index >= 15 is 0 Å². The highest BCUT2D eigenvalue weighted by molar-refractivity contribution is 6.06. The molecule has 11 aromatic carbocycles. The summed E-state index contributed by atoms with van der Waals surface area (Å²) in [5.74, 6) is 0. The van der Waals surface area contributed by atoms with E-state index in [0.717, 1.165) is 17.1 Å². The molecule has 1 heteroatoms. The smallest absolute Gasteiger partial charge is 0.0737 e. The lowest BCUT2D eigenvalue weighted by Gasteiger charge is -2.35. The van der Waals surface area contributed by atoms with Gasteiger partial charge in [0.05, 0.1) is 10.8 Å². The van der Waals surface area contributed by atoms with Crippen LogP contribution in [0.3, 0.4) is 0 Å². The van der Waals surface area contributed by atoms with Crippen LogP contribution in [0.25, 0.3) is 66.8 Å². The molecule has 0 amide bonds. The third kappa shape index (κ3) is 5.09. The molecule has 0 fully saturated rings. The molecule has 1 spiro atoms. The summed E-state index contributed by atoms with van der Waals surface area (Å²) >= 11 is 0. The first-order chi connectivity index (χ1) is 34.2. The van der Waals surface area contributed by atoms with Crippen LogP contribution >= 0.6 is 0 Å². The van der Waals surface area contributed by atoms with Gasteiger partial charge in [-0.3, -0.25) is 0 Å². The predicted octanol–water partition coefficient (Wildman–Crippen LogP) is 17.2. The van der Waals surface area contributed by atoms with Crippen LogP contribution in [-0.4, -0.2) is 0 Å². The molecule has 4 aliphatic rings. The first kappa shape index (κ1) is 38.3. The molecule has 0 N–H and O–H groups in total. The third-order valence-electron chi connectivity index (χ3n) is 15.9. The number of hydrogen-bond donors (Lipinski definition) is 0. The highest BCUT2D eigenvalue weighted by atomic mass is 15.1. The van der Waals surface area contributed by atoms with E-state index < -0.39 is 5.41 Å². The fourth-order valence-electron chi connectivity index (χ4n) is 13.2. The van der Waals surface area contributed by atoms with Crippen LogP contribution < -0.4 is 4.90 Å². The minimum absolute atomic E-state index is 0.315. The molecule has 0 heterocycles. The second-order valence-electron chi connectivity index (χ2n) is 19.1. The summed E-state index contributed by atoms with van der Waals surface area (Å²) in [5.41, 5.74) is 28.8. The van der Waals surface area contributed by atoms with Gasteiger partial charge in [0, 0.05) is 17.1 Å². The maximum atomic E-state index is 2.51. The topological polar surface area (TPSA) is 3.24 Å². The molecule has 0 aromatic heterocycles. The minimum atomic E-state index is -0.509. The van der Waals surface area contributed by atoms with Gasteiger partial charge in [-0.2, -0.15) is 0 Å². The molecule has 4 aliphatic carbocycles. The molecule has 1 unspecified atom stereocenters. The molecular weight excluding hydrogens is 831 g/mol. The van der Waals surface area contributed by atoms with E-state index in [9.17, 15) is 0 Å². The van der Waals surface area contributed by atoms with Crippen molar-refractivity contribution in [3.63, 3.8) is 0 Å². The van der Waals surface area contributed by atoms with E-state index in [1.54, 1.807) is 0 Å². The number of rotatable bonds is 7. The van der Waals surface area contributed by atoms with Crippen molar-refractivity contribution < 1.29 is 0 Å². The molecule has 0 saturated carbocycles. The van der Waals surface area contributed by atoms with Crippen molar-refractivity contribution in [2.45, 2.75) is 10.8 Å². The molecule has 320 valence electrons. The van der Waals surface area contributed by atoms with E-state index in [4.69, 9.17) is 0 Å². The summed E-state index contributed by atoms with van der Waals surface area (Å²) in [6.07, 6.45) is 0. The summed E-state index contributed by atoms with van der Waals surface area (Å²) in [7, 11) is 0. The number of nitrogens with zero attached hydrogens (tertiary/aromatic N) is 1. The summed E-state index contributed by atoms with van der Waals surface area (Å²) in [4.78, 5) is 2.44. The molecule has 1 nitrogen and oxygen atoms in total. The van der Waals surface area contributed by atoms with Gasteiger partial charge in [-0.25, -0.2) is 0 Å². The molecule has 69 heavy (non-hydrogen) atoms. The zero-order valence-electron chi connectivity index (χ0n) is 37.8. The van der Waals surface area contributed by atoms with Crippen LogP contribution in [-0.2, 0) is 10.8 Å². The molecule has 11 aromatic rings. The highest BCUT2D eigenvalue weighted by Gasteiger charge is 2.57. The van der Waals surface area contributed by atoms with Crippen molar-refractivity contribution >= 4 is 17.1 Å². The zero-order chi connectivity index (χ0) is 45.3. The van der Waals surface area contributed by atoms with Crippen LogP contribution in [0.4, 0.5) is 17.1 Å². The maximum Gasteiger partial charge on any atom is 0.0737 e.